The molecule has 0 radical (unpaired) electrons. The van der Waals surface area contributed by atoms with Crippen LogP contribution in [-0.4, -0.2) is 11.2 Å². The minimum atomic E-state index is -0.319. The number of rotatable bonds is 4. The monoisotopic (exact) mass is 293 g/mol. The molecule has 0 unspecified atom stereocenters. The molecule has 0 fully saturated rings. The van der Waals surface area contributed by atoms with Crippen LogP contribution in [0.2, 0.25) is 0 Å². The van der Waals surface area contributed by atoms with Crippen LogP contribution in [0.15, 0.2) is 70.2 Å². The van der Waals surface area contributed by atoms with Crippen molar-refractivity contribution >= 4 is 11.8 Å². The summed E-state index contributed by atoms with van der Waals surface area (Å²) in [6.45, 7) is 1.93. The van der Waals surface area contributed by atoms with Crippen LogP contribution in [0.25, 0.3) is 11.3 Å². The Bertz CT molecular complexity index is 776. The fraction of sp³-hybridized carbons (Fsp3) is 0.118. The predicted octanol–water partition coefficient (Wildman–Crippen LogP) is 2.09. The highest BCUT2D eigenvalue weighted by atomic mass is 16.5. The predicted molar refractivity (Wildman–Crippen MR) is 80.4 cm³/mol. The number of nitrogens with zero attached hydrogens (tertiary/aromatic N) is 3. The Kier molecular flexibility index (Phi) is 3.96. The van der Waals surface area contributed by atoms with E-state index in [-0.39, 0.29) is 11.8 Å². The van der Waals surface area contributed by atoms with Gasteiger partial charge in [-0.3, -0.25) is 4.52 Å². The maximum Gasteiger partial charge on any atom is 0.328 e. The molecule has 0 amide bonds. The lowest BCUT2D eigenvalue weighted by atomic mass is 10.1. The molecule has 3 rings (SSSR count). The fourth-order valence-corrected chi connectivity index (χ4v) is 2.23. The third kappa shape index (κ3) is 3.03. The standard InChI is InChI=1S/C17H15N3O2/c1-13(21)18-17-16(15-10-6-3-7-11-15)20(19-22-17)12-14-8-4-2-5-9-14/h2-11H,12H2,1H3. The Balaban J connectivity index is 2.07. The Labute approximate surface area is 128 Å². The van der Waals surface area contributed by atoms with Gasteiger partial charge in [-0.2, -0.15) is 0 Å². The third-order valence-electron chi connectivity index (χ3n) is 3.17. The van der Waals surface area contributed by atoms with Crippen molar-refractivity contribution in [2.45, 2.75) is 13.5 Å². The lowest BCUT2D eigenvalue weighted by Gasteiger charge is -2.00. The van der Waals surface area contributed by atoms with Crippen LogP contribution in [0, 0.1) is 0 Å². The Hall–Kier alpha value is -2.95. The molecule has 22 heavy (non-hydrogen) atoms. The summed E-state index contributed by atoms with van der Waals surface area (Å²) in [7, 11) is 0. The first-order valence-electron chi connectivity index (χ1n) is 6.95. The van der Waals surface area contributed by atoms with Crippen LogP contribution in [0.5, 0.6) is 0 Å². The Morgan fingerprint density at radius 2 is 1.73 bits per heavy atom. The molecule has 2 aromatic carbocycles. The second-order valence-corrected chi connectivity index (χ2v) is 4.87. The highest BCUT2D eigenvalue weighted by molar-refractivity contribution is 5.75. The molecular weight excluding hydrogens is 278 g/mol. The van der Waals surface area contributed by atoms with Crippen LogP contribution >= 0.6 is 0 Å². The number of hydrogen-bond acceptors (Lipinski definition) is 4. The maximum atomic E-state index is 11.3. The topological polar surface area (TPSA) is 65.3 Å². The highest BCUT2D eigenvalue weighted by Crippen LogP contribution is 2.26. The lowest BCUT2D eigenvalue weighted by molar-refractivity contribution is -0.745. The normalized spacial score (nSPS) is 11.6. The van der Waals surface area contributed by atoms with Crippen molar-refractivity contribution in [1.29, 1.82) is 0 Å². The van der Waals surface area contributed by atoms with E-state index < -0.39 is 0 Å². The van der Waals surface area contributed by atoms with Crippen LogP contribution in [-0.2, 0) is 6.54 Å². The first kappa shape index (κ1) is 14.0. The van der Waals surface area contributed by atoms with Crippen LogP contribution < -0.4 is 9.79 Å². The molecule has 0 aliphatic carbocycles. The summed E-state index contributed by atoms with van der Waals surface area (Å²) in [5.41, 5.74) is 2.69. The summed E-state index contributed by atoms with van der Waals surface area (Å²) in [4.78, 5) is 3.91. The zero-order chi connectivity index (χ0) is 15.4. The lowest BCUT2D eigenvalue weighted by Crippen LogP contribution is -2.38. The van der Waals surface area contributed by atoms with Crippen molar-refractivity contribution in [1.82, 2.24) is 5.27 Å². The number of aromatic nitrogens is 2. The van der Waals surface area contributed by atoms with E-state index >= 15 is 0 Å². The zero-order valence-corrected chi connectivity index (χ0v) is 12.1. The van der Waals surface area contributed by atoms with Gasteiger partial charge in [0.2, 0.25) is 11.8 Å². The number of hydrogen-bond donors (Lipinski definition) is 0. The van der Waals surface area contributed by atoms with Gasteiger partial charge in [0.1, 0.15) is 0 Å². The molecule has 0 aliphatic rings. The fourth-order valence-electron chi connectivity index (χ4n) is 2.23. The highest BCUT2D eigenvalue weighted by Gasteiger charge is 2.26. The average Bonchev–Trinajstić information content (AvgIpc) is 2.91. The maximum absolute atomic E-state index is 11.3. The second-order valence-electron chi connectivity index (χ2n) is 4.87. The quantitative estimate of drug-likeness (QED) is 0.420. The van der Waals surface area contributed by atoms with Crippen LogP contribution in [0.1, 0.15) is 12.5 Å². The average molecular weight is 293 g/mol. The molecule has 0 saturated heterocycles. The van der Waals surface area contributed by atoms with Gasteiger partial charge in [-0.05, 0) is 29.6 Å². The van der Waals surface area contributed by atoms with Crippen molar-refractivity contribution in [2.24, 2.45) is 4.99 Å². The van der Waals surface area contributed by atoms with Gasteiger partial charge in [-0.25, -0.2) is 4.99 Å². The van der Waals surface area contributed by atoms with Gasteiger partial charge in [-0.15, -0.1) is 0 Å². The molecule has 0 spiro atoms. The molecule has 0 atom stereocenters. The third-order valence-corrected chi connectivity index (χ3v) is 3.17. The summed E-state index contributed by atoms with van der Waals surface area (Å²) >= 11 is 0. The largest absolute Gasteiger partial charge is 0.862 e. The van der Waals surface area contributed by atoms with E-state index in [2.05, 4.69) is 10.3 Å². The van der Waals surface area contributed by atoms with Crippen molar-refractivity contribution in [3.63, 3.8) is 0 Å². The minimum Gasteiger partial charge on any atom is -0.862 e. The van der Waals surface area contributed by atoms with E-state index in [1.54, 1.807) is 4.68 Å². The van der Waals surface area contributed by atoms with Gasteiger partial charge < -0.3 is 5.11 Å². The molecule has 0 aliphatic heterocycles. The van der Waals surface area contributed by atoms with E-state index in [1.807, 2.05) is 60.7 Å². The van der Waals surface area contributed by atoms with Crippen molar-refractivity contribution in [3.05, 3.63) is 66.2 Å². The van der Waals surface area contributed by atoms with Gasteiger partial charge in [0, 0.05) is 5.56 Å². The molecule has 0 saturated carbocycles. The summed E-state index contributed by atoms with van der Waals surface area (Å²) in [5.74, 6) is -0.0881. The van der Waals surface area contributed by atoms with E-state index in [9.17, 15) is 5.11 Å². The zero-order valence-electron chi connectivity index (χ0n) is 12.1. The SMILES string of the molecule is CC([O-])=Nc1on[n+](Cc2ccccc2)c1-c1ccccc1. The van der Waals surface area contributed by atoms with Crippen LogP contribution in [0.4, 0.5) is 5.88 Å². The second kappa shape index (κ2) is 6.22. The van der Waals surface area contributed by atoms with E-state index in [0.29, 0.717) is 12.2 Å². The summed E-state index contributed by atoms with van der Waals surface area (Å²) in [6.07, 6.45) is 0. The summed E-state index contributed by atoms with van der Waals surface area (Å²) < 4.78 is 6.97. The first-order chi connectivity index (χ1) is 10.7. The van der Waals surface area contributed by atoms with Gasteiger partial charge >= 0.3 is 11.6 Å². The molecule has 0 bridgehead atoms. The van der Waals surface area contributed by atoms with Crippen molar-refractivity contribution in [2.75, 3.05) is 0 Å². The Morgan fingerprint density at radius 1 is 1.09 bits per heavy atom. The van der Waals surface area contributed by atoms with Gasteiger partial charge in [-0.1, -0.05) is 48.5 Å². The molecular formula is C17H15N3O2. The van der Waals surface area contributed by atoms with Crippen molar-refractivity contribution in [3.8, 4) is 11.3 Å². The van der Waals surface area contributed by atoms with Gasteiger partial charge in [0.25, 0.3) is 0 Å². The van der Waals surface area contributed by atoms with Gasteiger partial charge in [0.05, 0.1) is 5.56 Å². The number of benzene rings is 2. The molecule has 3 aromatic rings. The first-order valence-corrected chi connectivity index (χ1v) is 6.95. The summed E-state index contributed by atoms with van der Waals surface area (Å²) in [6, 6.07) is 19.6. The van der Waals surface area contributed by atoms with E-state index in [1.165, 1.54) is 6.92 Å². The molecule has 1 aromatic heterocycles. The van der Waals surface area contributed by atoms with E-state index in [0.717, 1.165) is 11.1 Å². The molecule has 1 heterocycles. The smallest absolute Gasteiger partial charge is 0.328 e. The van der Waals surface area contributed by atoms with Crippen LogP contribution in [0.3, 0.4) is 0 Å². The Morgan fingerprint density at radius 3 is 2.36 bits per heavy atom. The number of aliphatic imine (C=N–C) groups is 1. The molecule has 0 N–H and O–H groups in total. The molecule has 110 valence electrons. The molecule has 5 nitrogen and oxygen atoms in total. The van der Waals surface area contributed by atoms with E-state index in [4.69, 9.17) is 4.52 Å². The molecule has 5 heteroatoms. The van der Waals surface area contributed by atoms with Crippen molar-refractivity contribution < 1.29 is 14.3 Å². The minimum absolute atomic E-state index is 0.231. The summed E-state index contributed by atoms with van der Waals surface area (Å²) in [5, 5.41) is 15.3. The van der Waals surface area contributed by atoms with Gasteiger partial charge in [0.15, 0.2) is 0 Å².